The van der Waals surface area contributed by atoms with Crippen molar-refractivity contribution in [2.45, 2.75) is 51.7 Å². The normalized spacial score (nSPS) is 21.6. The average Bonchev–Trinajstić information content (AvgIpc) is 2.25. The SMILES string of the molecule is CC(C)N(CCC(=N)N)CC1CCCCO1. The summed E-state index contributed by atoms with van der Waals surface area (Å²) in [5.74, 6) is 0.273. The minimum atomic E-state index is 0.273. The highest BCUT2D eigenvalue weighted by Gasteiger charge is 2.19. The Bertz CT molecular complexity index is 212. The predicted octanol–water partition coefficient (Wildman–Crippen LogP) is 1.59. The summed E-state index contributed by atoms with van der Waals surface area (Å²) in [7, 11) is 0. The molecular weight excluding hydrogens is 202 g/mol. The van der Waals surface area contributed by atoms with Crippen molar-refractivity contribution in [3.63, 3.8) is 0 Å². The summed E-state index contributed by atoms with van der Waals surface area (Å²) in [6.45, 7) is 7.12. The molecule has 0 amide bonds. The number of rotatable bonds is 6. The molecule has 94 valence electrons. The number of hydrogen-bond acceptors (Lipinski definition) is 3. The lowest BCUT2D eigenvalue weighted by Gasteiger charge is -2.32. The summed E-state index contributed by atoms with van der Waals surface area (Å²) < 4.78 is 5.74. The molecule has 4 heteroatoms. The van der Waals surface area contributed by atoms with Crippen LogP contribution in [0.25, 0.3) is 0 Å². The van der Waals surface area contributed by atoms with Gasteiger partial charge in [-0.05, 0) is 33.1 Å². The maximum atomic E-state index is 7.27. The van der Waals surface area contributed by atoms with Crippen molar-refractivity contribution >= 4 is 5.84 Å². The van der Waals surface area contributed by atoms with Gasteiger partial charge in [0, 0.05) is 32.2 Å². The van der Waals surface area contributed by atoms with E-state index < -0.39 is 0 Å². The van der Waals surface area contributed by atoms with E-state index in [1.165, 1.54) is 19.3 Å². The van der Waals surface area contributed by atoms with Crippen LogP contribution in [-0.2, 0) is 4.74 Å². The van der Waals surface area contributed by atoms with Crippen LogP contribution in [0.4, 0.5) is 0 Å². The van der Waals surface area contributed by atoms with E-state index in [0.29, 0.717) is 18.6 Å². The van der Waals surface area contributed by atoms with Gasteiger partial charge in [0.15, 0.2) is 0 Å². The molecule has 0 aliphatic carbocycles. The first-order valence-corrected chi connectivity index (χ1v) is 6.28. The van der Waals surface area contributed by atoms with Crippen molar-refractivity contribution in [1.82, 2.24) is 4.90 Å². The molecule has 0 radical (unpaired) electrons. The van der Waals surface area contributed by atoms with Gasteiger partial charge in [-0.25, -0.2) is 0 Å². The second-order valence-corrected chi connectivity index (χ2v) is 4.85. The minimum Gasteiger partial charge on any atom is -0.388 e. The fourth-order valence-electron chi connectivity index (χ4n) is 2.04. The molecule has 3 N–H and O–H groups in total. The topological polar surface area (TPSA) is 62.3 Å². The van der Waals surface area contributed by atoms with Gasteiger partial charge >= 0.3 is 0 Å². The van der Waals surface area contributed by atoms with Gasteiger partial charge in [-0.1, -0.05) is 0 Å². The van der Waals surface area contributed by atoms with E-state index in [9.17, 15) is 0 Å². The van der Waals surface area contributed by atoms with E-state index in [-0.39, 0.29) is 5.84 Å². The molecule has 0 spiro atoms. The molecule has 0 aromatic carbocycles. The van der Waals surface area contributed by atoms with Crippen LogP contribution in [0.1, 0.15) is 39.5 Å². The lowest BCUT2D eigenvalue weighted by atomic mass is 10.1. The average molecular weight is 227 g/mol. The Morgan fingerprint density at radius 3 is 2.75 bits per heavy atom. The van der Waals surface area contributed by atoms with Crippen LogP contribution in [0, 0.1) is 5.41 Å². The highest BCUT2D eigenvalue weighted by Crippen LogP contribution is 2.15. The minimum absolute atomic E-state index is 0.273. The Hall–Kier alpha value is -0.610. The molecule has 0 aromatic rings. The van der Waals surface area contributed by atoms with Crippen LogP contribution in [0.15, 0.2) is 0 Å². The van der Waals surface area contributed by atoms with Crippen molar-refractivity contribution in [1.29, 1.82) is 5.41 Å². The summed E-state index contributed by atoms with van der Waals surface area (Å²) in [5.41, 5.74) is 5.40. The third kappa shape index (κ3) is 4.94. The Morgan fingerprint density at radius 1 is 1.50 bits per heavy atom. The van der Waals surface area contributed by atoms with Gasteiger partial charge in [0.25, 0.3) is 0 Å². The zero-order chi connectivity index (χ0) is 12.0. The van der Waals surface area contributed by atoms with Gasteiger partial charge in [-0.15, -0.1) is 0 Å². The second-order valence-electron chi connectivity index (χ2n) is 4.85. The van der Waals surface area contributed by atoms with E-state index in [1.54, 1.807) is 0 Å². The maximum Gasteiger partial charge on any atom is 0.0918 e. The molecule has 4 nitrogen and oxygen atoms in total. The lowest BCUT2D eigenvalue weighted by Crippen LogP contribution is -2.41. The molecule has 0 saturated carbocycles. The van der Waals surface area contributed by atoms with Crippen LogP contribution >= 0.6 is 0 Å². The monoisotopic (exact) mass is 227 g/mol. The zero-order valence-corrected chi connectivity index (χ0v) is 10.5. The van der Waals surface area contributed by atoms with Gasteiger partial charge in [-0.2, -0.15) is 0 Å². The van der Waals surface area contributed by atoms with Gasteiger partial charge in [0.2, 0.25) is 0 Å². The molecule has 1 saturated heterocycles. The van der Waals surface area contributed by atoms with E-state index in [0.717, 1.165) is 19.7 Å². The number of ether oxygens (including phenoxy) is 1. The fourth-order valence-corrected chi connectivity index (χ4v) is 2.04. The first kappa shape index (κ1) is 13.5. The molecule has 1 aliphatic heterocycles. The van der Waals surface area contributed by atoms with Gasteiger partial charge in [-0.3, -0.25) is 10.3 Å². The third-order valence-corrected chi connectivity index (χ3v) is 3.11. The van der Waals surface area contributed by atoms with Gasteiger partial charge in [0.05, 0.1) is 11.9 Å². The molecule has 1 fully saturated rings. The summed E-state index contributed by atoms with van der Waals surface area (Å²) in [4.78, 5) is 2.36. The van der Waals surface area contributed by atoms with Gasteiger partial charge < -0.3 is 10.5 Å². The summed E-state index contributed by atoms with van der Waals surface area (Å²) in [6, 6.07) is 0.491. The molecule has 1 heterocycles. The first-order chi connectivity index (χ1) is 7.59. The Morgan fingerprint density at radius 2 is 2.25 bits per heavy atom. The lowest BCUT2D eigenvalue weighted by molar-refractivity contribution is -0.0106. The second kappa shape index (κ2) is 6.86. The quantitative estimate of drug-likeness (QED) is 0.535. The molecular formula is C12H25N3O. The van der Waals surface area contributed by atoms with Crippen molar-refractivity contribution in [3.05, 3.63) is 0 Å². The van der Waals surface area contributed by atoms with E-state index in [4.69, 9.17) is 15.9 Å². The number of hydrogen-bond donors (Lipinski definition) is 2. The molecule has 16 heavy (non-hydrogen) atoms. The number of nitrogens with one attached hydrogen (secondary N) is 1. The smallest absolute Gasteiger partial charge is 0.0918 e. The largest absolute Gasteiger partial charge is 0.388 e. The van der Waals surface area contributed by atoms with E-state index in [1.807, 2.05) is 0 Å². The van der Waals surface area contributed by atoms with Crippen LogP contribution in [-0.4, -0.2) is 42.6 Å². The van der Waals surface area contributed by atoms with Crippen LogP contribution < -0.4 is 5.73 Å². The van der Waals surface area contributed by atoms with Crippen LogP contribution in [0.5, 0.6) is 0 Å². The molecule has 1 unspecified atom stereocenters. The Balaban J connectivity index is 2.34. The number of nitrogens with two attached hydrogens (primary N) is 1. The number of nitrogens with zero attached hydrogens (tertiary/aromatic N) is 1. The van der Waals surface area contributed by atoms with Crippen LogP contribution in [0.3, 0.4) is 0 Å². The summed E-state index contributed by atoms with van der Waals surface area (Å²) in [5, 5.41) is 7.27. The zero-order valence-electron chi connectivity index (χ0n) is 10.5. The molecule has 1 aliphatic rings. The van der Waals surface area contributed by atoms with Crippen molar-refractivity contribution in [2.75, 3.05) is 19.7 Å². The van der Waals surface area contributed by atoms with Crippen LogP contribution in [0.2, 0.25) is 0 Å². The summed E-state index contributed by atoms with van der Waals surface area (Å²) in [6.07, 6.45) is 4.69. The van der Waals surface area contributed by atoms with E-state index >= 15 is 0 Å². The Labute approximate surface area is 98.6 Å². The molecule has 1 atom stereocenters. The summed E-state index contributed by atoms with van der Waals surface area (Å²) >= 11 is 0. The third-order valence-electron chi connectivity index (χ3n) is 3.11. The standard InChI is InChI=1S/C12H25N3O/c1-10(2)15(7-6-12(13)14)9-11-5-3-4-8-16-11/h10-11H,3-9H2,1-2H3,(H3,13,14). The molecule has 0 bridgehead atoms. The highest BCUT2D eigenvalue weighted by molar-refractivity contribution is 5.76. The molecule has 0 aromatic heterocycles. The van der Waals surface area contributed by atoms with Crippen molar-refractivity contribution in [3.8, 4) is 0 Å². The maximum absolute atomic E-state index is 7.27. The Kier molecular flexibility index (Phi) is 5.77. The van der Waals surface area contributed by atoms with Crippen molar-refractivity contribution < 1.29 is 4.74 Å². The van der Waals surface area contributed by atoms with Gasteiger partial charge in [0.1, 0.15) is 0 Å². The predicted molar refractivity (Wildman–Crippen MR) is 66.8 cm³/mol. The van der Waals surface area contributed by atoms with Crippen molar-refractivity contribution in [2.24, 2.45) is 5.73 Å². The fraction of sp³-hybridized carbons (Fsp3) is 0.917. The highest BCUT2D eigenvalue weighted by atomic mass is 16.5. The molecule has 1 rings (SSSR count). The first-order valence-electron chi connectivity index (χ1n) is 6.28. The number of amidine groups is 1. The van der Waals surface area contributed by atoms with E-state index in [2.05, 4.69) is 18.7 Å².